The van der Waals surface area contributed by atoms with E-state index in [1.807, 2.05) is 23.7 Å². The molecule has 0 saturated heterocycles. The number of benzene rings is 1. The number of Topliss-reactive ketones (excluding diaryl/α,β-unsaturated/α-hetero) is 1. The van der Waals surface area contributed by atoms with Gasteiger partial charge in [0.2, 0.25) is 0 Å². The molecule has 1 atom stereocenters. The highest BCUT2D eigenvalue weighted by atomic mass is 16.5. The number of hydrogen-bond donors (Lipinski definition) is 0. The summed E-state index contributed by atoms with van der Waals surface area (Å²) >= 11 is 0. The van der Waals surface area contributed by atoms with Crippen LogP contribution in [0, 0.1) is 0 Å². The molecule has 136 valence electrons. The predicted octanol–water partition coefficient (Wildman–Crippen LogP) is 4.15. The number of esters is 1. The molecule has 0 radical (unpaired) electrons. The van der Waals surface area contributed by atoms with Crippen molar-refractivity contribution in [2.45, 2.75) is 57.3 Å². The Morgan fingerprint density at radius 1 is 1.27 bits per heavy atom. The molecule has 4 rings (SSSR count). The summed E-state index contributed by atoms with van der Waals surface area (Å²) < 4.78 is 7.08. The first kappa shape index (κ1) is 17.0. The summed E-state index contributed by atoms with van der Waals surface area (Å²) in [5.74, 6) is 0.723. The Balaban J connectivity index is 1.68. The van der Waals surface area contributed by atoms with Crippen LogP contribution < -0.4 is 0 Å². The zero-order chi connectivity index (χ0) is 18.1. The standard InChI is InChI=1S/C21H24N2O3/c1-2-26-21(25)19-13-22-23(20(19)14-9-10-14)17-7-3-5-15(11-17)16-6-4-8-18(24)12-16/h3,5,7,11,13-14,16H,2,4,6,8-10,12H2,1H3. The summed E-state index contributed by atoms with van der Waals surface area (Å²) in [5.41, 5.74) is 3.68. The van der Waals surface area contributed by atoms with Crippen LogP contribution in [0.1, 0.15) is 78.9 Å². The summed E-state index contributed by atoms with van der Waals surface area (Å²) in [7, 11) is 0. The third-order valence-electron chi connectivity index (χ3n) is 5.33. The predicted molar refractivity (Wildman–Crippen MR) is 97.7 cm³/mol. The van der Waals surface area contributed by atoms with Crippen molar-refractivity contribution in [3.05, 3.63) is 47.3 Å². The van der Waals surface area contributed by atoms with Gasteiger partial charge in [0.1, 0.15) is 11.3 Å². The van der Waals surface area contributed by atoms with Gasteiger partial charge in [-0.05, 0) is 56.2 Å². The minimum atomic E-state index is -0.297. The summed E-state index contributed by atoms with van der Waals surface area (Å²) in [6.07, 6.45) is 7.15. The zero-order valence-electron chi connectivity index (χ0n) is 15.1. The molecule has 1 aromatic heterocycles. The highest BCUT2D eigenvalue weighted by molar-refractivity contribution is 5.91. The van der Waals surface area contributed by atoms with Crippen LogP contribution in [0.25, 0.3) is 5.69 Å². The van der Waals surface area contributed by atoms with E-state index in [0.717, 1.165) is 37.1 Å². The molecule has 0 N–H and O–H groups in total. The number of carbonyl (C=O) groups is 2. The molecule has 1 heterocycles. The van der Waals surface area contributed by atoms with E-state index >= 15 is 0 Å². The number of carbonyl (C=O) groups excluding carboxylic acids is 2. The first-order chi connectivity index (χ1) is 12.7. The molecule has 2 aromatic rings. The van der Waals surface area contributed by atoms with E-state index in [1.54, 1.807) is 6.20 Å². The second-order valence-electron chi connectivity index (χ2n) is 7.28. The Kier molecular flexibility index (Phi) is 4.62. The lowest BCUT2D eigenvalue weighted by molar-refractivity contribution is -0.120. The third-order valence-corrected chi connectivity index (χ3v) is 5.33. The molecule has 2 aliphatic rings. The van der Waals surface area contributed by atoms with Crippen molar-refractivity contribution >= 4 is 11.8 Å². The monoisotopic (exact) mass is 352 g/mol. The molecule has 5 nitrogen and oxygen atoms in total. The van der Waals surface area contributed by atoms with Crippen LogP contribution in [0.3, 0.4) is 0 Å². The fourth-order valence-electron chi connectivity index (χ4n) is 3.90. The maximum absolute atomic E-state index is 12.3. The number of hydrogen-bond acceptors (Lipinski definition) is 4. The number of rotatable bonds is 5. The van der Waals surface area contributed by atoms with Gasteiger partial charge in [0.15, 0.2) is 0 Å². The minimum Gasteiger partial charge on any atom is -0.462 e. The maximum Gasteiger partial charge on any atom is 0.341 e. The van der Waals surface area contributed by atoms with Crippen molar-refractivity contribution in [2.24, 2.45) is 0 Å². The SMILES string of the molecule is CCOC(=O)c1cnn(-c2cccc(C3CCCC(=O)C3)c2)c1C1CC1. The lowest BCUT2D eigenvalue weighted by atomic mass is 9.83. The Labute approximate surface area is 153 Å². The maximum atomic E-state index is 12.3. The topological polar surface area (TPSA) is 61.2 Å². The van der Waals surface area contributed by atoms with Crippen LogP contribution in [-0.2, 0) is 9.53 Å². The van der Waals surface area contributed by atoms with Crippen LogP contribution >= 0.6 is 0 Å². The van der Waals surface area contributed by atoms with Gasteiger partial charge in [0, 0.05) is 18.8 Å². The van der Waals surface area contributed by atoms with E-state index in [1.165, 1.54) is 5.56 Å². The zero-order valence-corrected chi connectivity index (χ0v) is 15.1. The molecular weight excluding hydrogens is 328 g/mol. The van der Waals surface area contributed by atoms with Gasteiger partial charge in [-0.2, -0.15) is 5.10 Å². The van der Waals surface area contributed by atoms with E-state index in [-0.39, 0.29) is 5.97 Å². The van der Waals surface area contributed by atoms with Crippen molar-refractivity contribution in [2.75, 3.05) is 6.61 Å². The molecule has 0 bridgehead atoms. The number of aromatic nitrogens is 2. The minimum absolute atomic E-state index is 0.292. The normalized spacial score (nSPS) is 20.2. The largest absolute Gasteiger partial charge is 0.462 e. The first-order valence-electron chi connectivity index (χ1n) is 9.54. The molecule has 1 aromatic carbocycles. The molecule has 1 unspecified atom stereocenters. The van der Waals surface area contributed by atoms with Crippen molar-refractivity contribution in [1.82, 2.24) is 9.78 Å². The Hall–Kier alpha value is -2.43. The van der Waals surface area contributed by atoms with Crippen LogP contribution in [0.4, 0.5) is 0 Å². The van der Waals surface area contributed by atoms with Crippen LogP contribution in [-0.4, -0.2) is 28.1 Å². The van der Waals surface area contributed by atoms with Gasteiger partial charge in [0.25, 0.3) is 0 Å². The average Bonchev–Trinajstić information content (AvgIpc) is 3.40. The van der Waals surface area contributed by atoms with E-state index in [2.05, 4.69) is 17.2 Å². The van der Waals surface area contributed by atoms with Crippen molar-refractivity contribution in [3.63, 3.8) is 0 Å². The number of nitrogens with zero attached hydrogens (tertiary/aromatic N) is 2. The first-order valence-corrected chi connectivity index (χ1v) is 9.54. The van der Waals surface area contributed by atoms with Gasteiger partial charge in [0.05, 0.1) is 24.2 Å². The van der Waals surface area contributed by atoms with E-state index < -0.39 is 0 Å². The second-order valence-corrected chi connectivity index (χ2v) is 7.28. The molecule has 2 saturated carbocycles. The lowest BCUT2D eigenvalue weighted by Gasteiger charge is -2.21. The molecule has 2 fully saturated rings. The van der Waals surface area contributed by atoms with Crippen molar-refractivity contribution < 1.29 is 14.3 Å². The van der Waals surface area contributed by atoms with Crippen LogP contribution in [0.2, 0.25) is 0 Å². The molecular formula is C21H24N2O3. The van der Waals surface area contributed by atoms with Crippen molar-refractivity contribution in [3.8, 4) is 5.69 Å². The molecule has 0 spiro atoms. The highest BCUT2D eigenvalue weighted by Gasteiger charge is 2.33. The fourth-order valence-corrected chi connectivity index (χ4v) is 3.90. The lowest BCUT2D eigenvalue weighted by Crippen LogP contribution is -2.14. The van der Waals surface area contributed by atoms with Gasteiger partial charge >= 0.3 is 5.97 Å². The molecule has 26 heavy (non-hydrogen) atoms. The van der Waals surface area contributed by atoms with Gasteiger partial charge in [-0.25, -0.2) is 9.48 Å². The third kappa shape index (κ3) is 3.30. The van der Waals surface area contributed by atoms with Gasteiger partial charge in [-0.15, -0.1) is 0 Å². The average molecular weight is 352 g/mol. The Morgan fingerprint density at radius 3 is 2.85 bits per heavy atom. The van der Waals surface area contributed by atoms with E-state index in [9.17, 15) is 9.59 Å². The Bertz CT molecular complexity index is 836. The quantitative estimate of drug-likeness (QED) is 0.758. The molecule has 0 amide bonds. The van der Waals surface area contributed by atoms with Gasteiger partial charge in [-0.1, -0.05) is 12.1 Å². The fraction of sp³-hybridized carbons (Fsp3) is 0.476. The van der Waals surface area contributed by atoms with Crippen LogP contribution in [0.5, 0.6) is 0 Å². The highest BCUT2D eigenvalue weighted by Crippen LogP contribution is 2.43. The Morgan fingerprint density at radius 2 is 2.12 bits per heavy atom. The summed E-state index contributed by atoms with van der Waals surface area (Å²) in [6, 6.07) is 8.25. The molecule has 2 aliphatic carbocycles. The summed E-state index contributed by atoms with van der Waals surface area (Å²) in [6.45, 7) is 2.17. The van der Waals surface area contributed by atoms with Crippen LogP contribution in [0.15, 0.2) is 30.5 Å². The van der Waals surface area contributed by atoms with E-state index in [0.29, 0.717) is 42.6 Å². The summed E-state index contributed by atoms with van der Waals surface area (Å²) in [4.78, 5) is 24.1. The molecule has 5 heteroatoms. The number of ketones is 1. The smallest absolute Gasteiger partial charge is 0.341 e. The summed E-state index contributed by atoms with van der Waals surface area (Å²) in [5, 5.41) is 4.50. The second kappa shape index (κ2) is 7.06. The number of ether oxygens (including phenoxy) is 1. The molecule has 0 aliphatic heterocycles. The van der Waals surface area contributed by atoms with E-state index in [4.69, 9.17) is 4.74 Å². The van der Waals surface area contributed by atoms with Gasteiger partial charge in [-0.3, -0.25) is 4.79 Å². The van der Waals surface area contributed by atoms with Gasteiger partial charge < -0.3 is 4.74 Å². The van der Waals surface area contributed by atoms with Crippen molar-refractivity contribution in [1.29, 1.82) is 0 Å².